The van der Waals surface area contributed by atoms with Crippen molar-refractivity contribution in [2.75, 3.05) is 13.1 Å². The summed E-state index contributed by atoms with van der Waals surface area (Å²) in [5.41, 5.74) is 0.0780. The van der Waals surface area contributed by atoms with Crippen LogP contribution >= 0.6 is 0 Å². The Labute approximate surface area is 147 Å². The van der Waals surface area contributed by atoms with Gasteiger partial charge >= 0.3 is 5.97 Å². The molecule has 25 heavy (non-hydrogen) atoms. The molecule has 1 unspecified atom stereocenters. The number of fused-ring (bicyclic) bond motifs is 1. The van der Waals surface area contributed by atoms with Gasteiger partial charge in [0, 0.05) is 18.5 Å². The molecule has 1 aliphatic rings. The quantitative estimate of drug-likeness (QED) is 0.868. The number of ether oxygens (including phenoxy) is 1. The van der Waals surface area contributed by atoms with E-state index >= 15 is 0 Å². The molecule has 5 nitrogen and oxygen atoms in total. The molecule has 0 spiro atoms. The van der Waals surface area contributed by atoms with Crippen molar-refractivity contribution in [2.24, 2.45) is 0 Å². The van der Waals surface area contributed by atoms with Crippen LogP contribution in [0, 0.1) is 0 Å². The lowest BCUT2D eigenvalue weighted by Gasteiger charge is -2.24. The van der Waals surface area contributed by atoms with E-state index in [9.17, 15) is 14.7 Å². The van der Waals surface area contributed by atoms with Crippen LogP contribution in [0.1, 0.15) is 43.0 Å². The molecule has 1 fully saturated rings. The van der Waals surface area contributed by atoms with Gasteiger partial charge in [-0.1, -0.05) is 43.2 Å². The van der Waals surface area contributed by atoms with Crippen LogP contribution in [0.2, 0.25) is 0 Å². The van der Waals surface area contributed by atoms with Crippen molar-refractivity contribution in [2.45, 2.75) is 38.7 Å². The first-order valence-electron chi connectivity index (χ1n) is 8.78. The Morgan fingerprint density at radius 3 is 2.44 bits per heavy atom. The first-order valence-corrected chi connectivity index (χ1v) is 8.78. The lowest BCUT2D eigenvalue weighted by atomic mass is 10.1. The van der Waals surface area contributed by atoms with Crippen molar-refractivity contribution in [3.8, 4) is 5.75 Å². The SMILES string of the molecule is CC(OC(=O)c1ccc2ccccc2c1O)C(=O)N1CCCCCC1. The number of likely N-dealkylation sites (tertiary alicyclic amines) is 1. The van der Waals surface area contributed by atoms with Gasteiger partial charge in [0.15, 0.2) is 6.10 Å². The Kier molecular flexibility index (Phi) is 5.22. The normalized spacial score (nSPS) is 16.3. The molecule has 0 bridgehead atoms. The molecule has 2 aromatic rings. The van der Waals surface area contributed by atoms with Gasteiger partial charge in [0.1, 0.15) is 11.3 Å². The third-order valence-corrected chi connectivity index (χ3v) is 4.67. The minimum atomic E-state index is -0.864. The number of nitrogens with zero attached hydrogens (tertiary/aromatic N) is 1. The second kappa shape index (κ2) is 7.55. The monoisotopic (exact) mass is 341 g/mol. The summed E-state index contributed by atoms with van der Waals surface area (Å²) in [6.45, 7) is 3.01. The van der Waals surface area contributed by atoms with E-state index in [0.29, 0.717) is 18.5 Å². The largest absolute Gasteiger partial charge is 0.506 e. The van der Waals surface area contributed by atoms with Crippen molar-refractivity contribution >= 4 is 22.6 Å². The Morgan fingerprint density at radius 1 is 1.04 bits per heavy atom. The van der Waals surface area contributed by atoms with Gasteiger partial charge in [-0.3, -0.25) is 4.79 Å². The Bertz CT molecular complexity index is 778. The smallest absolute Gasteiger partial charge is 0.342 e. The number of aromatic hydroxyl groups is 1. The Balaban J connectivity index is 1.73. The zero-order valence-electron chi connectivity index (χ0n) is 14.4. The van der Waals surface area contributed by atoms with Gasteiger partial charge in [0.2, 0.25) is 0 Å². The van der Waals surface area contributed by atoms with Crippen LogP contribution < -0.4 is 0 Å². The zero-order valence-corrected chi connectivity index (χ0v) is 14.4. The summed E-state index contributed by atoms with van der Waals surface area (Å²) in [5.74, 6) is -0.966. The van der Waals surface area contributed by atoms with Gasteiger partial charge < -0.3 is 14.7 Å². The minimum absolute atomic E-state index is 0.0780. The van der Waals surface area contributed by atoms with E-state index in [2.05, 4.69) is 0 Å². The van der Waals surface area contributed by atoms with Gasteiger partial charge in [0.25, 0.3) is 5.91 Å². The van der Waals surface area contributed by atoms with Gasteiger partial charge in [-0.15, -0.1) is 0 Å². The number of hydrogen-bond donors (Lipinski definition) is 1. The molecule has 0 aromatic heterocycles. The standard InChI is InChI=1S/C20H23NO4/c1-14(19(23)21-12-6-2-3-7-13-21)25-20(24)17-11-10-15-8-4-5-9-16(15)18(17)22/h4-5,8-11,14,22H,2-3,6-7,12-13H2,1H3. The van der Waals surface area contributed by atoms with E-state index in [1.807, 2.05) is 12.1 Å². The third-order valence-electron chi connectivity index (χ3n) is 4.67. The number of carbonyl (C=O) groups is 2. The highest BCUT2D eigenvalue weighted by Crippen LogP contribution is 2.29. The maximum Gasteiger partial charge on any atom is 0.342 e. The Hall–Kier alpha value is -2.56. The van der Waals surface area contributed by atoms with Crippen LogP contribution in [0.4, 0.5) is 0 Å². The maximum atomic E-state index is 12.5. The van der Waals surface area contributed by atoms with E-state index in [4.69, 9.17) is 4.74 Å². The summed E-state index contributed by atoms with van der Waals surface area (Å²) in [5, 5.41) is 11.8. The van der Waals surface area contributed by atoms with Crippen LogP contribution in [0.5, 0.6) is 5.75 Å². The summed E-state index contributed by atoms with van der Waals surface area (Å²) in [6, 6.07) is 10.5. The minimum Gasteiger partial charge on any atom is -0.506 e. The molecule has 132 valence electrons. The van der Waals surface area contributed by atoms with Crippen LogP contribution in [0.25, 0.3) is 10.8 Å². The molecule has 0 radical (unpaired) electrons. The van der Waals surface area contributed by atoms with E-state index in [1.54, 1.807) is 30.0 Å². The molecule has 1 heterocycles. The average molecular weight is 341 g/mol. The fraction of sp³-hybridized carbons (Fsp3) is 0.400. The van der Waals surface area contributed by atoms with Crippen LogP contribution in [0.3, 0.4) is 0 Å². The van der Waals surface area contributed by atoms with Crippen molar-refractivity contribution in [1.82, 2.24) is 4.90 Å². The van der Waals surface area contributed by atoms with Crippen molar-refractivity contribution in [1.29, 1.82) is 0 Å². The molecule has 5 heteroatoms. The lowest BCUT2D eigenvalue weighted by Crippen LogP contribution is -2.40. The van der Waals surface area contributed by atoms with Gasteiger partial charge in [-0.05, 0) is 31.2 Å². The van der Waals surface area contributed by atoms with Crippen LogP contribution in [-0.4, -0.2) is 41.1 Å². The number of rotatable bonds is 3. The van der Waals surface area contributed by atoms with Crippen molar-refractivity contribution < 1.29 is 19.4 Å². The lowest BCUT2D eigenvalue weighted by molar-refractivity contribution is -0.139. The summed E-state index contributed by atoms with van der Waals surface area (Å²) < 4.78 is 5.33. The average Bonchev–Trinajstić information content (AvgIpc) is 2.90. The van der Waals surface area contributed by atoms with Crippen molar-refractivity contribution in [3.63, 3.8) is 0 Å². The summed E-state index contributed by atoms with van der Waals surface area (Å²) in [4.78, 5) is 26.7. The van der Waals surface area contributed by atoms with E-state index < -0.39 is 12.1 Å². The highest BCUT2D eigenvalue weighted by Gasteiger charge is 2.26. The fourth-order valence-electron chi connectivity index (χ4n) is 3.24. The number of hydrogen-bond acceptors (Lipinski definition) is 4. The number of amides is 1. The maximum absolute atomic E-state index is 12.5. The fourth-order valence-corrected chi connectivity index (χ4v) is 3.24. The Morgan fingerprint density at radius 2 is 1.72 bits per heavy atom. The summed E-state index contributed by atoms with van der Waals surface area (Å²) in [7, 11) is 0. The van der Waals surface area contributed by atoms with E-state index in [-0.39, 0.29) is 17.2 Å². The molecular formula is C20H23NO4. The van der Waals surface area contributed by atoms with Crippen molar-refractivity contribution in [3.05, 3.63) is 42.0 Å². The highest BCUT2D eigenvalue weighted by atomic mass is 16.5. The first kappa shape index (κ1) is 17.3. The zero-order chi connectivity index (χ0) is 17.8. The van der Waals surface area contributed by atoms with E-state index in [1.165, 1.54) is 6.07 Å². The molecule has 1 amide bonds. The molecule has 0 aliphatic carbocycles. The second-order valence-corrected chi connectivity index (χ2v) is 6.47. The van der Waals surface area contributed by atoms with Gasteiger partial charge in [-0.25, -0.2) is 4.79 Å². The number of carbonyl (C=O) groups excluding carboxylic acids is 2. The molecular weight excluding hydrogens is 318 g/mol. The molecule has 1 saturated heterocycles. The van der Waals surface area contributed by atoms with Crippen LogP contribution in [0.15, 0.2) is 36.4 Å². The predicted molar refractivity (Wildman–Crippen MR) is 95.5 cm³/mol. The molecule has 1 atom stereocenters. The molecule has 2 aromatic carbocycles. The molecule has 0 saturated carbocycles. The third kappa shape index (κ3) is 3.76. The van der Waals surface area contributed by atoms with E-state index in [0.717, 1.165) is 31.1 Å². The number of phenolic OH excluding ortho intramolecular Hbond substituents is 1. The number of phenols is 1. The number of benzene rings is 2. The van der Waals surface area contributed by atoms with Gasteiger partial charge in [0.05, 0.1) is 0 Å². The number of esters is 1. The summed E-state index contributed by atoms with van der Waals surface area (Å²) in [6.07, 6.45) is 3.36. The topological polar surface area (TPSA) is 66.8 Å². The first-order chi connectivity index (χ1) is 12.1. The molecule has 3 rings (SSSR count). The predicted octanol–water partition coefficient (Wildman–Crippen LogP) is 3.49. The highest BCUT2D eigenvalue weighted by molar-refractivity contribution is 6.01. The molecule has 1 N–H and O–H groups in total. The van der Waals surface area contributed by atoms with Crippen LogP contribution in [-0.2, 0) is 9.53 Å². The second-order valence-electron chi connectivity index (χ2n) is 6.47. The summed E-state index contributed by atoms with van der Waals surface area (Å²) >= 11 is 0. The molecule has 1 aliphatic heterocycles. The van der Waals surface area contributed by atoms with Gasteiger partial charge in [-0.2, -0.15) is 0 Å².